The smallest absolute Gasteiger partial charge is 0.338 e. The van der Waals surface area contributed by atoms with Crippen molar-refractivity contribution in [3.63, 3.8) is 0 Å². The summed E-state index contributed by atoms with van der Waals surface area (Å²) < 4.78 is 14.9. The van der Waals surface area contributed by atoms with Gasteiger partial charge in [0.25, 0.3) is 0 Å². The second kappa shape index (κ2) is 10.6. The van der Waals surface area contributed by atoms with Crippen LogP contribution in [-0.2, 0) is 17.8 Å². The van der Waals surface area contributed by atoms with Crippen LogP contribution in [0.5, 0.6) is 5.75 Å². The van der Waals surface area contributed by atoms with Gasteiger partial charge in [-0.05, 0) is 59.5 Å². The second-order valence-corrected chi connectivity index (χ2v) is 10.6. The van der Waals surface area contributed by atoms with Crippen LogP contribution in [-0.4, -0.2) is 60.6 Å². The number of aromatic nitrogens is 5. The van der Waals surface area contributed by atoms with Gasteiger partial charge in [0.15, 0.2) is 5.82 Å². The van der Waals surface area contributed by atoms with E-state index in [4.69, 9.17) is 14.5 Å². The SMILES string of the molecule is COC(=O)c1cc(OC)c2c(c1)nc1n2Cc2cncc(c2)-c2ccccc2[C@H](O)[C@H](O)CCn2c-1cc1cccnc12. The second-order valence-electron chi connectivity index (χ2n) is 10.6. The van der Waals surface area contributed by atoms with Gasteiger partial charge in [-0.25, -0.2) is 14.8 Å². The minimum Gasteiger partial charge on any atom is -0.494 e. The fourth-order valence-corrected chi connectivity index (χ4v) is 6.02. The summed E-state index contributed by atoms with van der Waals surface area (Å²) in [5.74, 6) is 0.619. The minimum absolute atomic E-state index is 0.261. The van der Waals surface area contributed by atoms with Gasteiger partial charge in [-0.2, -0.15) is 0 Å². The molecule has 0 spiro atoms. The molecular weight excluding hydrogens is 546 g/mol. The highest BCUT2D eigenvalue weighted by atomic mass is 16.5. The van der Waals surface area contributed by atoms with Gasteiger partial charge < -0.3 is 28.8 Å². The average Bonchev–Trinajstić information content (AvgIpc) is 3.60. The van der Waals surface area contributed by atoms with E-state index in [0.29, 0.717) is 46.8 Å². The summed E-state index contributed by atoms with van der Waals surface area (Å²) in [6, 6.07) is 18.8. The van der Waals surface area contributed by atoms with Crippen molar-refractivity contribution in [1.82, 2.24) is 24.1 Å². The van der Waals surface area contributed by atoms with E-state index >= 15 is 0 Å². The van der Waals surface area contributed by atoms with E-state index in [0.717, 1.165) is 33.4 Å². The maximum atomic E-state index is 12.5. The lowest BCUT2D eigenvalue weighted by Gasteiger charge is -2.23. The van der Waals surface area contributed by atoms with Crippen LogP contribution in [0.1, 0.15) is 34.0 Å². The van der Waals surface area contributed by atoms with Gasteiger partial charge >= 0.3 is 5.97 Å². The molecule has 0 saturated heterocycles. The van der Waals surface area contributed by atoms with Gasteiger partial charge in [-0.1, -0.05) is 24.3 Å². The van der Waals surface area contributed by atoms with Crippen LogP contribution in [0.4, 0.5) is 0 Å². The van der Waals surface area contributed by atoms with Crippen molar-refractivity contribution < 1.29 is 24.5 Å². The number of aliphatic hydroxyl groups is 2. The van der Waals surface area contributed by atoms with E-state index in [2.05, 4.69) is 14.5 Å². The predicted octanol–water partition coefficient (Wildman–Crippen LogP) is 4.76. The maximum absolute atomic E-state index is 12.5. The molecule has 0 aliphatic carbocycles. The van der Waals surface area contributed by atoms with E-state index < -0.39 is 18.2 Å². The van der Waals surface area contributed by atoms with Crippen LogP contribution in [0.2, 0.25) is 0 Å². The zero-order valence-corrected chi connectivity index (χ0v) is 23.6. The molecule has 4 aromatic heterocycles. The molecular formula is C33H29N5O5. The number of carbonyl (C=O) groups is 1. The summed E-state index contributed by atoms with van der Waals surface area (Å²) >= 11 is 0. The first-order valence-corrected chi connectivity index (χ1v) is 14.0. The Bertz CT molecular complexity index is 2010. The number of aryl methyl sites for hydroxylation is 1. The molecule has 1 aliphatic heterocycles. The van der Waals surface area contributed by atoms with Gasteiger partial charge in [0, 0.05) is 36.1 Å². The van der Waals surface area contributed by atoms with Crippen LogP contribution in [0, 0.1) is 0 Å². The van der Waals surface area contributed by atoms with Gasteiger partial charge in [-0.3, -0.25) is 4.98 Å². The summed E-state index contributed by atoms with van der Waals surface area (Å²) in [7, 11) is 2.90. The molecule has 0 amide bonds. The summed E-state index contributed by atoms with van der Waals surface area (Å²) in [5.41, 5.74) is 6.25. The van der Waals surface area contributed by atoms with E-state index in [9.17, 15) is 15.0 Å². The lowest BCUT2D eigenvalue weighted by molar-refractivity contribution is 0.0115. The normalized spacial score (nSPS) is 16.7. The number of imidazole rings is 1. The van der Waals surface area contributed by atoms with Crippen molar-refractivity contribution in [2.45, 2.75) is 31.7 Å². The summed E-state index contributed by atoms with van der Waals surface area (Å²) in [6.45, 7) is 0.764. The number of rotatable bonds is 2. The van der Waals surface area contributed by atoms with Gasteiger partial charge in [0.2, 0.25) is 0 Å². The fraction of sp³-hybridized carbons (Fsp3) is 0.212. The molecule has 2 aromatic carbocycles. The molecule has 0 saturated carbocycles. The number of benzene rings is 2. The number of nitrogens with zero attached hydrogens (tertiary/aromatic N) is 5. The molecule has 10 nitrogen and oxygen atoms in total. The Balaban J connectivity index is 1.54. The van der Waals surface area contributed by atoms with Crippen LogP contribution < -0.4 is 4.74 Å². The molecule has 43 heavy (non-hydrogen) atoms. The number of methoxy groups -OCH3 is 2. The number of pyridine rings is 2. The average molecular weight is 576 g/mol. The third-order valence-corrected chi connectivity index (χ3v) is 8.07. The van der Waals surface area contributed by atoms with Crippen molar-refractivity contribution in [2.24, 2.45) is 0 Å². The first-order chi connectivity index (χ1) is 21.0. The molecule has 6 aromatic rings. The molecule has 216 valence electrons. The van der Waals surface area contributed by atoms with E-state index in [-0.39, 0.29) is 6.42 Å². The number of carbonyl (C=O) groups excluding carboxylic acids is 1. The zero-order valence-electron chi connectivity index (χ0n) is 23.6. The zero-order chi connectivity index (χ0) is 29.7. The van der Waals surface area contributed by atoms with Gasteiger partial charge in [0.1, 0.15) is 23.0 Å². The van der Waals surface area contributed by atoms with Crippen molar-refractivity contribution in [3.05, 3.63) is 95.9 Å². The van der Waals surface area contributed by atoms with Crippen LogP contribution in [0.15, 0.2) is 79.3 Å². The number of fused-ring (bicyclic) bond motifs is 11. The molecule has 0 radical (unpaired) electrons. The highest BCUT2D eigenvalue weighted by molar-refractivity contribution is 5.97. The third-order valence-electron chi connectivity index (χ3n) is 8.07. The molecule has 2 bridgehead atoms. The molecule has 1 aliphatic rings. The van der Waals surface area contributed by atoms with E-state index in [1.807, 2.05) is 53.1 Å². The summed E-state index contributed by atoms with van der Waals surface area (Å²) in [6.07, 6.45) is 3.39. The fourth-order valence-electron chi connectivity index (χ4n) is 6.02. The standard InChI is InChI=1S/C33H29N5O5/c1-42-28-15-21(33(41)43-2)13-25-29(28)38-18-19-12-22(17-34-16-19)23-7-3-4-8-24(23)30(40)27(39)9-11-37-26(32(38)36-25)14-20-6-5-10-35-31(20)37/h3-8,10,12-17,27,30,39-40H,9,11,18H2,1-2H3/t27-,30+/m1/s1. The first kappa shape index (κ1) is 26.8. The minimum atomic E-state index is -1.10. The Kier molecular flexibility index (Phi) is 6.64. The Morgan fingerprint density at radius 2 is 1.86 bits per heavy atom. The molecule has 7 rings (SSSR count). The Labute approximate surface area is 246 Å². The topological polar surface area (TPSA) is 125 Å². The monoisotopic (exact) mass is 575 g/mol. The summed E-state index contributed by atoms with van der Waals surface area (Å²) in [4.78, 5) is 26.8. The highest BCUT2D eigenvalue weighted by Crippen LogP contribution is 2.37. The van der Waals surface area contributed by atoms with Crippen molar-refractivity contribution in [1.29, 1.82) is 0 Å². The molecule has 10 heteroatoms. The van der Waals surface area contributed by atoms with Crippen LogP contribution in [0.3, 0.4) is 0 Å². The van der Waals surface area contributed by atoms with E-state index in [1.54, 1.807) is 37.8 Å². The molecule has 2 atom stereocenters. The lowest BCUT2D eigenvalue weighted by atomic mass is 9.93. The highest BCUT2D eigenvalue weighted by Gasteiger charge is 2.26. The molecule has 5 heterocycles. The van der Waals surface area contributed by atoms with Gasteiger partial charge in [-0.15, -0.1) is 0 Å². The number of ether oxygens (including phenoxy) is 2. The molecule has 0 fully saturated rings. The van der Waals surface area contributed by atoms with Crippen molar-refractivity contribution in [3.8, 4) is 28.4 Å². The number of hydrogen-bond acceptors (Lipinski definition) is 8. The van der Waals surface area contributed by atoms with Crippen molar-refractivity contribution >= 4 is 28.0 Å². The van der Waals surface area contributed by atoms with Crippen LogP contribution >= 0.6 is 0 Å². The lowest BCUT2D eigenvalue weighted by Crippen LogP contribution is -2.21. The third kappa shape index (κ3) is 4.52. The maximum Gasteiger partial charge on any atom is 0.338 e. The number of hydrogen-bond donors (Lipinski definition) is 2. The van der Waals surface area contributed by atoms with Crippen molar-refractivity contribution in [2.75, 3.05) is 14.2 Å². The number of aliphatic hydroxyl groups excluding tert-OH is 2. The largest absolute Gasteiger partial charge is 0.494 e. The molecule has 0 unspecified atom stereocenters. The molecule has 2 N–H and O–H groups in total. The first-order valence-electron chi connectivity index (χ1n) is 14.0. The van der Waals surface area contributed by atoms with Gasteiger partial charge in [0.05, 0.1) is 43.6 Å². The Hall–Kier alpha value is -5.06. The Morgan fingerprint density at radius 1 is 1.00 bits per heavy atom. The van der Waals surface area contributed by atoms with E-state index in [1.165, 1.54) is 7.11 Å². The predicted molar refractivity (Wildman–Crippen MR) is 161 cm³/mol. The summed E-state index contributed by atoms with van der Waals surface area (Å²) in [5, 5.41) is 23.5. The van der Waals surface area contributed by atoms with Crippen LogP contribution in [0.25, 0.3) is 44.7 Å². The number of esters is 1. The Morgan fingerprint density at radius 3 is 2.70 bits per heavy atom. The quantitative estimate of drug-likeness (QED) is 0.283.